The quantitative estimate of drug-likeness (QED) is 0.845. The van der Waals surface area contributed by atoms with Gasteiger partial charge in [0.15, 0.2) is 0 Å². The van der Waals surface area contributed by atoms with Gasteiger partial charge in [-0.25, -0.2) is 8.78 Å². The zero-order chi connectivity index (χ0) is 12.4. The summed E-state index contributed by atoms with van der Waals surface area (Å²) < 4.78 is 27.1. The van der Waals surface area contributed by atoms with Crippen LogP contribution in [-0.4, -0.2) is 0 Å². The second-order valence-corrected chi connectivity index (χ2v) is 4.04. The van der Waals surface area contributed by atoms with Crippen LogP contribution in [0.1, 0.15) is 11.1 Å². The first-order valence-electron chi connectivity index (χ1n) is 5.36. The van der Waals surface area contributed by atoms with Gasteiger partial charge in [0, 0.05) is 12.1 Å². The molecule has 0 aliphatic heterocycles. The Hall–Kier alpha value is -1.74. The van der Waals surface area contributed by atoms with Crippen molar-refractivity contribution in [2.45, 2.75) is 13.5 Å². The zero-order valence-corrected chi connectivity index (χ0v) is 9.50. The second kappa shape index (κ2) is 4.63. The van der Waals surface area contributed by atoms with Gasteiger partial charge in [-0.2, -0.15) is 0 Å². The molecule has 0 saturated heterocycles. The van der Waals surface area contributed by atoms with E-state index in [0.29, 0.717) is 17.7 Å². The molecule has 0 atom stereocenters. The third kappa shape index (κ3) is 2.50. The van der Waals surface area contributed by atoms with Gasteiger partial charge < -0.3 is 5.73 Å². The van der Waals surface area contributed by atoms with Gasteiger partial charge in [0.05, 0.1) is 0 Å². The molecule has 0 heterocycles. The fourth-order valence-electron chi connectivity index (χ4n) is 1.81. The molecule has 2 rings (SSSR count). The maximum absolute atomic E-state index is 13.8. The Morgan fingerprint density at radius 3 is 2.41 bits per heavy atom. The lowest BCUT2D eigenvalue weighted by atomic mass is 10.0. The molecule has 17 heavy (non-hydrogen) atoms. The molecule has 2 N–H and O–H groups in total. The minimum Gasteiger partial charge on any atom is -0.326 e. The normalized spacial score (nSPS) is 10.6. The number of benzene rings is 2. The molecule has 0 bridgehead atoms. The van der Waals surface area contributed by atoms with Crippen molar-refractivity contribution in [3.63, 3.8) is 0 Å². The Bertz CT molecular complexity index is 530. The van der Waals surface area contributed by atoms with Crippen LogP contribution in [0.15, 0.2) is 36.4 Å². The average molecular weight is 233 g/mol. The number of aryl methyl sites for hydroxylation is 1. The summed E-state index contributed by atoms with van der Waals surface area (Å²) in [5, 5.41) is 0. The predicted octanol–water partition coefficient (Wildman–Crippen LogP) is 3.40. The fraction of sp³-hybridized carbons (Fsp3) is 0.143. The summed E-state index contributed by atoms with van der Waals surface area (Å²) in [7, 11) is 0. The average Bonchev–Trinajstić information content (AvgIpc) is 2.27. The van der Waals surface area contributed by atoms with Gasteiger partial charge in [0.25, 0.3) is 0 Å². The third-order valence-corrected chi connectivity index (χ3v) is 2.62. The van der Waals surface area contributed by atoms with E-state index in [4.69, 9.17) is 5.73 Å². The number of hydrogen-bond acceptors (Lipinski definition) is 1. The highest BCUT2D eigenvalue weighted by Gasteiger charge is 2.07. The highest BCUT2D eigenvalue weighted by Crippen LogP contribution is 2.25. The minimum atomic E-state index is -0.377. The lowest BCUT2D eigenvalue weighted by Gasteiger charge is -2.06. The Kier molecular flexibility index (Phi) is 3.20. The van der Waals surface area contributed by atoms with Gasteiger partial charge in [-0.15, -0.1) is 0 Å². The van der Waals surface area contributed by atoms with Crippen molar-refractivity contribution in [1.82, 2.24) is 0 Å². The summed E-state index contributed by atoms with van der Waals surface area (Å²) in [6.07, 6.45) is 0. The molecular weight excluding hydrogens is 220 g/mol. The topological polar surface area (TPSA) is 26.0 Å². The van der Waals surface area contributed by atoms with Crippen LogP contribution in [0.5, 0.6) is 0 Å². The summed E-state index contributed by atoms with van der Waals surface area (Å²) in [6, 6.07) is 9.26. The van der Waals surface area contributed by atoms with E-state index in [0.717, 1.165) is 11.1 Å². The molecule has 0 saturated carbocycles. The molecule has 88 valence electrons. The van der Waals surface area contributed by atoms with E-state index in [-0.39, 0.29) is 11.6 Å². The van der Waals surface area contributed by atoms with Crippen molar-refractivity contribution in [3.8, 4) is 11.1 Å². The highest BCUT2D eigenvalue weighted by molar-refractivity contribution is 5.65. The van der Waals surface area contributed by atoms with Crippen molar-refractivity contribution in [2.75, 3.05) is 0 Å². The van der Waals surface area contributed by atoms with Gasteiger partial charge in [0.2, 0.25) is 0 Å². The van der Waals surface area contributed by atoms with Crippen molar-refractivity contribution in [1.29, 1.82) is 0 Å². The monoisotopic (exact) mass is 233 g/mol. The van der Waals surface area contributed by atoms with Crippen molar-refractivity contribution >= 4 is 0 Å². The Labute approximate surface area is 98.9 Å². The van der Waals surface area contributed by atoms with Crippen molar-refractivity contribution < 1.29 is 8.78 Å². The number of halogens is 2. The van der Waals surface area contributed by atoms with Gasteiger partial charge in [-0.1, -0.05) is 18.2 Å². The van der Waals surface area contributed by atoms with Crippen LogP contribution in [0.4, 0.5) is 8.78 Å². The van der Waals surface area contributed by atoms with Gasteiger partial charge >= 0.3 is 0 Å². The Balaban J connectivity index is 2.52. The predicted molar refractivity (Wildman–Crippen MR) is 64.4 cm³/mol. The van der Waals surface area contributed by atoms with E-state index in [2.05, 4.69) is 0 Å². The molecule has 1 nitrogen and oxygen atoms in total. The van der Waals surface area contributed by atoms with Crippen LogP contribution >= 0.6 is 0 Å². The largest absolute Gasteiger partial charge is 0.326 e. The lowest BCUT2D eigenvalue weighted by Crippen LogP contribution is -1.97. The minimum absolute atomic E-state index is 0.291. The summed E-state index contributed by atoms with van der Waals surface area (Å²) >= 11 is 0. The van der Waals surface area contributed by atoms with Crippen LogP contribution in [-0.2, 0) is 6.54 Å². The molecule has 2 aromatic carbocycles. The molecule has 0 amide bonds. The molecule has 0 aromatic heterocycles. The smallest absolute Gasteiger partial charge is 0.131 e. The molecule has 0 unspecified atom stereocenters. The van der Waals surface area contributed by atoms with Gasteiger partial charge in [-0.3, -0.25) is 0 Å². The molecule has 0 aliphatic rings. The molecular formula is C14H13F2N. The summed E-state index contributed by atoms with van der Waals surface area (Å²) in [5.41, 5.74) is 7.85. The van der Waals surface area contributed by atoms with Crippen LogP contribution < -0.4 is 5.73 Å². The zero-order valence-electron chi connectivity index (χ0n) is 9.50. The number of nitrogens with two attached hydrogens (primary N) is 1. The summed E-state index contributed by atoms with van der Waals surface area (Å²) in [4.78, 5) is 0. The molecule has 3 heteroatoms. The van der Waals surface area contributed by atoms with Crippen LogP contribution in [0.25, 0.3) is 11.1 Å². The maximum Gasteiger partial charge on any atom is 0.131 e. The van der Waals surface area contributed by atoms with E-state index < -0.39 is 0 Å². The highest BCUT2D eigenvalue weighted by atomic mass is 19.1. The maximum atomic E-state index is 13.8. The standard InChI is InChI=1S/C14H13F2N/c1-9-4-11(7-12(15)5-9)13-3-2-10(8-17)6-14(13)16/h2-7H,8,17H2,1H3. The molecule has 0 fully saturated rings. The molecule has 0 spiro atoms. The molecule has 0 radical (unpaired) electrons. The van der Waals surface area contributed by atoms with E-state index in [9.17, 15) is 8.78 Å². The van der Waals surface area contributed by atoms with Gasteiger partial charge in [-0.05, 0) is 41.8 Å². The van der Waals surface area contributed by atoms with Crippen LogP contribution in [0, 0.1) is 18.6 Å². The third-order valence-electron chi connectivity index (χ3n) is 2.62. The number of rotatable bonds is 2. The fourth-order valence-corrected chi connectivity index (χ4v) is 1.81. The first-order chi connectivity index (χ1) is 8.10. The van der Waals surface area contributed by atoms with E-state index in [1.165, 1.54) is 18.2 Å². The van der Waals surface area contributed by atoms with Crippen LogP contribution in [0.2, 0.25) is 0 Å². The molecule has 2 aromatic rings. The SMILES string of the molecule is Cc1cc(F)cc(-c2ccc(CN)cc2F)c1. The first-order valence-corrected chi connectivity index (χ1v) is 5.36. The van der Waals surface area contributed by atoms with E-state index in [1.807, 2.05) is 0 Å². The number of hydrogen-bond donors (Lipinski definition) is 1. The van der Waals surface area contributed by atoms with E-state index >= 15 is 0 Å². The van der Waals surface area contributed by atoms with Gasteiger partial charge in [0.1, 0.15) is 11.6 Å². The van der Waals surface area contributed by atoms with Crippen LogP contribution in [0.3, 0.4) is 0 Å². The Morgan fingerprint density at radius 1 is 1.06 bits per heavy atom. The Morgan fingerprint density at radius 2 is 1.82 bits per heavy atom. The lowest BCUT2D eigenvalue weighted by molar-refractivity contribution is 0.623. The summed E-state index contributed by atoms with van der Waals surface area (Å²) in [6.45, 7) is 2.07. The second-order valence-electron chi connectivity index (χ2n) is 4.04. The van der Waals surface area contributed by atoms with Crippen molar-refractivity contribution in [3.05, 3.63) is 59.2 Å². The summed E-state index contributed by atoms with van der Waals surface area (Å²) in [5.74, 6) is -0.736. The molecule has 0 aliphatic carbocycles. The van der Waals surface area contributed by atoms with Crippen molar-refractivity contribution in [2.24, 2.45) is 5.73 Å². The van der Waals surface area contributed by atoms with E-state index in [1.54, 1.807) is 25.1 Å². The first kappa shape index (κ1) is 11.7.